The van der Waals surface area contributed by atoms with Crippen LogP contribution in [0.3, 0.4) is 0 Å². The van der Waals surface area contributed by atoms with Crippen molar-refractivity contribution >= 4 is 6.09 Å². The number of ether oxygens (including phenoxy) is 1. The fourth-order valence-corrected chi connectivity index (χ4v) is 1.41. The van der Waals surface area contributed by atoms with Gasteiger partial charge in [-0.05, 0) is 29.3 Å². The van der Waals surface area contributed by atoms with Gasteiger partial charge in [0.25, 0.3) is 0 Å². The fraction of sp³-hybridized carbons (Fsp3) is 0.182. The van der Waals surface area contributed by atoms with E-state index in [-0.39, 0.29) is 5.89 Å². The lowest BCUT2D eigenvalue weighted by molar-refractivity contribution is 0.211. The lowest BCUT2D eigenvalue weighted by Gasteiger charge is -2.02. The van der Waals surface area contributed by atoms with Crippen LogP contribution in [-0.2, 0) is 12.8 Å². The zero-order chi connectivity index (χ0) is 13.0. The summed E-state index contributed by atoms with van der Waals surface area (Å²) in [5.74, 6) is -0.188. The van der Waals surface area contributed by atoms with Gasteiger partial charge in [-0.2, -0.15) is 0 Å². The SMILES string of the molecule is NC(=O)Oc1ccc(CCc2noc(=O)o2)cc1. The molecule has 1 amide bonds. The van der Waals surface area contributed by atoms with Crippen LogP contribution in [0.25, 0.3) is 0 Å². The zero-order valence-corrected chi connectivity index (χ0v) is 9.29. The van der Waals surface area contributed by atoms with Crippen LogP contribution < -0.4 is 16.3 Å². The summed E-state index contributed by atoms with van der Waals surface area (Å²) in [4.78, 5) is 21.1. The average molecular weight is 250 g/mol. The number of aromatic nitrogens is 1. The van der Waals surface area contributed by atoms with Gasteiger partial charge in [0.2, 0.25) is 5.89 Å². The van der Waals surface area contributed by atoms with E-state index in [9.17, 15) is 9.59 Å². The lowest BCUT2D eigenvalue weighted by atomic mass is 10.1. The van der Waals surface area contributed by atoms with E-state index >= 15 is 0 Å². The first-order valence-electron chi connectivity index (χ1n) is 5.15. The van der Waals surface area contributed by atoms with E-state index in [0.717, 1.165) is 5.56 Å². The molecule has 0 aliphatic rings. The number of hydrogen-bond donors (Lipinski definition) is 1. The van der Waals surface area contributed by atoms with Crippen LogP contribution in [0.2, 0.25) is 0 Å². The molecule has 0 radical (unpaired) electrons. The van der Waals surface area contributed by atoms with Crippen molar-refractivity contribution in [3.05, 3.63) is 46.3 Å². The molecule has 0 fully saturated rings. The second-order valence-electron chi connectivity index (χ2n) is 3.49. The number of amides is 1. The Morgan fingerprint density at radius 2 is 2.00 bits per heavy atom. The van der Waals surface area contributed by atoms with E-state index in [1.807, 2.05) is 0 Å². The van der Waals surface area contributed by atoms with Gasteiger partial charge in [0.15, 0.2) is 0 Å². The zero-order valence-electron chi connectivity index (χ0n) is 9.29. The number of benzene rings is 1. The topological polar surface area (TPSA) is 109 Å². The number of nitrogens with two attached hydrogens (primary N) is 1. The third-order valence-corrected chi connectivity index (χ3v) is 2.19. The van der Waals surface area contributed by atoms with Gasteiger partial charge >= 0.3 is 11.9 Å². The number of primary amides is 1. The molecule has 0 atom stereocenters. The van der Waals surface area contributed by atoms with Crippen LogP contribution in [0.5, 0.6) is 5.75 Å². The molecule has 0 saturated heterocycles. The minimum atomic E-state index is -0.855. The number of aryl methyl sites for hydroxylation is 2. The Balaban J connectivity index is 1.94. The molecule has 1 heterocycles. The molecule has 0 spiro atoms. The Hall–Kier alpha value is -2.57. The van der Waals surface area contributed by atoms with Crippen molar-refractivity contribution in [2.75, 3.05) is 0 Å². The Morgan fingerprint density at radius 3 is 2.56 bits per heavy atom. The number of nitrogens with zero attached hydrogens (tertiary/aromatic N) is 1. The molecule has 2 rings (SSSR count). The summed E-state index contributed by atoms with van der Waals surface area (Å²) in [6.45, 7) is 0. The monoisotopic (exact) mass is 250 g/mol. The maximum Gasteiger partial charge on any atom is 0.542 e. The lowest BCUT2D eigenvalue weighted by Crippen LogP contribution is -2.16. The van der Waals surface area contributed by atoms with E-state index in [1.165, 1.54) is 0 Å². The third kappa shape index (κ3) is 3.21. The fourth-order valence-electron chi connectivity index (χ4n) is 1.41. The Labute approximate surface area is 101 Å². The molecular weight excluding hydrogens is 240 g/mol. The standard InChI is InChI=1S/C11H10N2O5/c12-10(14)16-8-4-1-7(2-5-8)3-6-9-13-18-11(15)17-9/h1-2,4-5H,3,6H2,(H2,12,14). The first kappa shape index (κ1) is 11.9. The summed E-state index contributed by atoms with van der Waals surface area (Å²) in [6.07, 6.45) is 0.209. The molecule has 18 heavy (non-hydrogen) atoms. The predicted molar refractivity (Wildman–Crippen MR) is 59.1 cm³/mol. The Kier molecular flexibility index (Phi) is 3.42. The molecule has 1 aromatic heterocycles. The second-order valence-corrected chi connectivity index (χ2v) is 3.49. The molecule has 0 aliphatic heterocycles. The van der Waals surface area contributed by atoms with Crippen molar-refractivity contribution in [3.63, 3.8) is 0 Å². The Bertz CT molecular complexity index is 584. The summed E-state index contributed by atoms with van der Waals surface area (Å²) in [7, 11) is 0. The van der Waals surface area contributed by atoms with Gasteiger partial charge in [-0.1, -0.05) is 12.1 Å². The second kappa shape index (κ2) is 5.17. The van der Waals surface area contributed by atoms with Crippen LogP contribution in [0.15, 0.2) is 38.0 Å². The molecule has 0 bridgehead atoms. The van der Waals surface area contributed by atoms with Crippen LogP contribution in [0.1, 0.15) is 11.5 Å². The van der Waals surface area contributed by atoms with Gasteiger partial charge in [-0.3, -0.25) is 4.52 Å². The highest BCUT2D eigenvalue weighted by Gasteiger charge is 2.04. The number of carbonyl (C=O) groups excluding carboxylic acids is 1. The summed E-state index contributed by atoms with van der Waals surface area (Å²) in [5.41, 5.74) is 5.85. The smallest absolute Gasteiger partial charge is 0.411 e. The van der Waals surface area contributed by atoms with Crippen molar-refractivity contribution in [3.8, 4) is 5.75 Å². The molecule has 0 saturated carbocycles. The summed E-state index contributed by atoms with van der Waals surface area (Å²) < 4.78 is 13.6. The maximum atomic E-state index is 10.6. The maximum absolute atomic E-state index is 10.6. The minimum absolute atomic E-state index is 0.248. The molecule has 7 heteroatoms. The number of hydrogen-bond acceptors (Lipinski definition) is 6. The molecule has 2 aromatic rings. The van der Waals surface area contributed by atoms with Crippen LogP contribution in [-0.4, -0.2) is 11.2 Å². The van der Waals surface area contributed by atoms with Gasteiger partial charge in [-0.25, -0.2) is 9.59 Å². The molecule has 2 N–H and O–H groups in total. The van der Waals surface area contributed by atoms with E-state index in [2.05, 4.69) is 18.8 Å². The van der Waals surface area contributed by atoms with Crippen LogP contribution in [0, 0.1) is 0 Å². The predicted octanol–water partition coefficient (Wildman–Crippen LogP) is 0.871. The van der Waals surface area contributed by atoms with Gasteiger partial charge in [-0.15, -0.1) is 0 Å². The van der Waals surface area contributed by atoms with Crippen molar-refractivity contribution in [1.82, 2.24) is 5.16 Å². The molecule has 0 aliphatic carbocycles. The number of rotatable bonds is 4. The molecular formula is C11H10N2O5. The van der Waals surface area contributed by atoms with E-state index in [0.29, 0.717) is 18.6 Å². The highest BCUT2D eigenvalue weighted by molar-refractivity contribution is 5.67. The molecule has 0 unspecified atom stereocenters. The van der Waals surface area contributed by atoms with E-state index in [4.69, 9.17) is 5.73 Å². The highest BCUT2D eigenvalue weighted by Crippen LogP contribution is 2.13. The van der Waals surface area contributed by atoms with Crippen LogP contribution in [0.4, 0.5) is 4.79 Å². The molecule has 7 nitrogen and oxygen atoms in total. The summed E-state index contributed by atoms with van der Waals surface area (Å²) >= 11 is 0. The Morgan fingerprint density at radius 1 is 1.28 bits per heavy atom. The van der Waals surface area contributed by atoms with Crippen molar-refractivity contribution in [2.24, 2.45) is 5.73 Å². The van der Waals surface area contributed by atoms with Crippen molar-refractivity contribution < 1.29 is 18.5 Å². The minimum Gasteiger partial charge on any atom is -0.411 e. The van der Waals surface area contributed by atoms with E-state index < -0.39 is 11.9 Å². The summed E-state index contributed by atoms with van der Waals surface area (Å²) in [6, 6.07) is 6.80. The number of carbonyl (C=O) groups is 1. The average Bonchev–Trinajstić information content (AvgIpc) is 2.74. The van der Waals surface area contributed by atoms with Gasteiger partial charge in [0.1, 0.15) is 5.75 Å². The van der Waals surface area contributed by atoms with Gasteiger partial charge in [0.05, 0.1) is 0 Å². The molecule has 1 aromatic carbocycles. The summed E-state index contributed by atoms with van der Waals surface area (Å²) in [5, 5.41) is 3.45. The van der Waals surface area contributed by atoms with E-state index in [1.54, 1.807) is 24.3 Å². The normalized spacial score (nSPS) is 10.2. The third-order valence-electron chi connectivity index (χ3n) is 2.19. The highest BCUT2D eigenvalue weighted by atomic mass is 16.6. The van der Waals surface area contributed by atoms with Crippen molar-refractivity contribution in [2.45, 2.75) is 12.8 Å². The van der Waals surface area contributed by atoms with Crippen LogP contribution >= 0.6 is 0 Å². The first-order chi connectivity index (χ1) is 8.63. The quantitative estimate of drug-likeness (QED) is 0.862. The van der Waals surface area contributed by atoms with Gasteiger partial charge in [0, 0.05) is 6.42 Å². The molecule has 94 valence electrons. The van der Waals surface area contributed by atoms with Gasteiger partial charge < -0.3 is 14.9 Å². The first-order valence-corrected chi connectivity index (χ1v) is 5.15. The van der Waals surface area contributed by atoms with Crippen molar-refractivity contribution in [1.29, 1.82) is 0 Å². The largest absolute Gasteiger partial charge is 0.542 e.